The summed E-state index contributed by atoms with van der Waals surface area (Å²) in [6.45, 7) is 6.72. The topological polar surface area (TPSA) is 78.9 Å². The van der Waals surface area contributed by atoms with Crippen LogP contribution >= 0.6 is 0 Å². The molecule has 1 unspecified atom stereocenters. The first-order valence-electron chi connectivity index (χ1n) is 37.3. The van der Waals surface area contributed by atoms with Gasteiger partial charge in [0.15, 0.2) is 6.10 Å². The van der Waals surface area contributed by atoms with Crippen LogP contribution in [-0.2, 0) is 28.6 Å². The highest BCUT2D eigenvalue weighted by molar-refractivity contribution is 5.71. The molecule has 0 N–H and O–H groups in total. The lowest BCUT2D eigenvalue weighted by Gasteiger charge is -2.18. The van der Waals surface area contributed by atoms with Crippen molar-refractivity contribution < 1.29 is 28.6 Å². The van der Waals surface area contributed by atoms with Gasteiger partial charge in [-0.15, -0.1) is 0 Å². The Kier molecular flexibility index (Phi) is 69.5. The van der Waals surface area contributed by atoms with E-state index in [1.165, 1.54) is 327 Å². The summed E-state index contributed by atoms with van der Waals surface area (Å²) in [7, 11) is 0. The minimum absolute atomic E-state index is 0.0677. The summed E-state index contributed by atoms with van der Waals surface area (Å²) in [5, 5.41) is 0. The van der Waals surface area contributed by atoms with Crippen LogP contribution in [0, 0.1) is 0 Å². The van der Waals surface area contributed by atoms with E-state index in [1.54, 1.807) is 0 Å². The number of unbranched alkanes of at least 4 members (excludes halogenated alkanes) is 55. The van der Waals surface area contributed by atoms with Crippen molar-refractivity contribution in [3.05, 3.63) is 24.3 Å². The number of hydrogen-bond acceptors (Lipinski definition) is 6. The molecule has 0 aliphatic carbocycles. The first-order chi connectivity index (χ1) is 40.5. The molecule has 1 atom stereocenters. The predicted molar refractivity (Wildman–Crippen MR) is 358 cm³/mol. The van der Waals surface area contributed by atoms with Crippen molar-refractivity contribution in [2.24, 2.45) is 0 Å². The van der Waals surface area contributed by atoms with E-state index in [0.29, 0.717) is 19.3 Å². The van der Waals surface area contributed by atoms with E-state index >= 15 is 0 Å². The van der Waals surface area contributed by atoms with Crippen molar-refractivity contribution >= 4 is 17.9 Å². The summed E-state index contributed by atoms with van der Waals surface area (Å²) in [6, 6.07) is 0. The standard InChI is InChI=1S/C76H144O6/c1-4-7-10-13-16-19-22-25-28-31-33-34-35-36-37-38-39-40-41-43-45-48-51-54-57-60-63-66-69-75(78)81-72-73(71-80-74(77)68-65-62-59-56-53-50-47-44-30-27-24-21-18-15-12-9-6-3)82-76(79)70-67-64-61-58-55-52-49-46-42-32-29-26-23-20-17-14-11-8-5-2/h26-27,29-30,73H,4-25,28,31-72H2,1-3H3/b29-26-,30-27-. The zero-order valence-electron chi connectivity index (χ0n) is 55.8. The van der Waals surface area contributed by atoms with Crippen LogP contribution in [0.4, 0.5) is 0 Å². The Morgan fingerprint density at radius 3 is 0.610 bits per heavy atom. The number of ether oxygens (including phenoxy) is 3. The summed E-state index contributed by atoms with van der Waals surface area (Å²) in [4.78, 5) is 38.5. The Morgan fingerprint density at radius 2 is 0.402 bits per heavy atom. The van der Waals surface area contributed by atoms with Crippen LogP contribution < -0.4 is 0 Å². The number of carbonyl (C=O) groups excluding carboxylic acids is 3. The van der Waals surface area contributed by atoms with Gasteiger partial charge in [-0.25, -0.2) is 0 Å². The van der Waals surface area contributed by atoms with Crippen molar-refractivity contribution in [1.29, 1.82) is 0 Å². The summed E-state index contributed by atoms with van der Waals surface area (Å²) in [5.41, 5.74) is 0. The van der Waals surface area contributed by atoms with Crippen LogP contribution in [-0.4, -0.2) is 37.2 Å². The van der Waals surface area contributed by atoms with Crippen molar-refractivity contribution in [3.8, 4) is 0 Å². The molecule has 484 valence electrons. The zero-order valence-corrected chi connectivity index (χ0v) is 55.8. The second-order valence-corrected chi connectivity index (χ2v) is 25.6. The van der Waals surface area contributed by atoms with E-state index in [9.17, 15) is 14.4 Å². The van der Waals surface area contributed by atoms with Gasteiger partial charge in [0.05, 0.1) is 0 Å². The molecule has 0 amide bonds. The van der Waals surface area contributed by atoms with Crippen molar-refractivity contribution in [2.75, 3.05) is 13.2 Å². The highest BCUT2D eigenvalue weighted by atomic mass is 16.6. The third-order valence-electron chi connectivity index (χ3n) is 17.2. The molecule has 0 bridgehead atoms. The molecule has 6 heteroatoms. The molecule has 0 saturated heterocycles. The van der Waals surface area contributed by atoms with E-state index in [0.717, 1.165) is 57.8 Å². The molecular weight excluding hydrogens is 1010 g/mol. The highest BCUT2D eigenvalue weighted by Gasteiger charge is 2.20. The van der Waals surface area contributed by atoms with Crippen LogP contribution in [0.1, 0.15) is 425 Å². The monoisotopic (exact) mass is 1150 g/mol. The van der Waals surface area contributed by atoms with Crippen LogP contribution in [0.3, 0.4) is 0 Å². The normalized spacial score (nSPS) is 12.1. The molecule has 0 aliphatic rings. The molecule has 0 heterocycles. The fourth-order valence-corrected chi connectivity index (χ4v) is 11.6. The third kappa shape index (κ3) is 68.7. The van der Waals surface area contributed by atoms with Gasteiger partial charge in [-0.2, -0.15) is 0 Å². The van der Waals surface area contributed by atoms with E-state index in [4.69, 9.17) is 14.2 Å². The minimum Gasteiger partial charge on any atom is -0.462 e. The zero-order chi connectivity index (χ0) is 59.2. The Labute approximate surface area is 513 Å². The fourth-order valence-electron chi connectivity index (χ4n) is 11.6. The van der Waals surface area contributed by atoms with Gasteiger partial charge in [-0.05, 0) is 70.6 Å². The van der Waals surface area contributed by atoms with E-state index < -0.39 is 6.10 Å². The van der Waals surface area contributed by atoms with Crippen LogP contribution in [0.25, 0.3) is 0 Å². The molecule has 0 spiro atoms. The predicted octanol–water partition coefficient (Wildman–Crippen LogP) is 25.7. The second kappa shape index (κ2) is 71.4. The Hall–Kier alpha value is -2.11. The van der Waals surface area contributed by atoms with Crippen LogP contribution in [0.5, 0.6) is 0 Å². The summed E-state index contributed by atoms with van der Waals surface area (Å²) in [5.74, 6) is -0.840. The SMILES string of the molecule is CCCCCCCC/C=C\CCCCCCCCCCCC(=O)OC(COC(=O)CCCCCCCCC/C=C\CCCCCCCC)COC(=O)CCCCCCCCCCCCCCCCCCCCCCCCCCCCCC. The van der Waals surface area contributed by atoms with Gasteiger partial charge in [0.2, 0.25) is 0 Å². The van der Waals surface area contributed by atoms with Gasteiger partial charge >= 0.3 is 17.9 Å². The maximum atomic E-state index is 13.0. The largest absolute Gasteiger partial charge is 0.462 e. The molecule has 0 aromatic carbocycles. The van der Waals surface area contributed by atoms with Gasteiger partial charge in [-0.1, -0.05) is 360 Å². The lowest BCUT2D eigenvalue weighted by atomic mass is 10.0. The van der Waals surface area contributed by atoms with Gasteiger partial charge in [0.25, 0.3) is 0 Å². The van der Waals surface area contributed by atoms with Gasteiger partial charge in [-0.3, -0.25) is 14.4 Å². The van der Waals surface area contributed by atoms with Crippen molar-refractivity contribution in [2.45, 2.75) is 431 Å². The fraction of sp³-hybridized carbons (Fsp3) is 0.908. The minimum atomic E-state index is -0.773. The lowest BCUT2D eigenvalue weighted by molar-refractivity contribution is -0.167. The molecule has 0 rings (SSSR count). The number of hydrogen-bond donors (Lipinski definition) is 0. The number of allylic oxidation sites excluding steroid dienone is 4. The number of rotatable bonds is 70. The quantitative estimate of drug-likeness (QED) is 0.0261. The summed E-state index contributed by atoms with van der Waals surface area (Å²) in [6.07, 6.45) is 87.9. The van der Waals surface area contributed by atoms with Crippen molar-refractivity contribution in [3.63, 3.8) is 0 Å². The third-order valence-corrected chi connectivity index (χ3v) is 17.2. The molecule has 82 heavy (non-hydrogen) atoms. The maximum Gasteiger partial charge on any atom is 0.306 e. The second-order valence-electron chi connectivity index (χ2n) is 25.6. The molecule has 0 radical (unpaired) electrons. The van der Waals surface area contributed by atoms with Crippen molar-refractivity contribution in [1.82, 2.24) is 0 Å². The average molecular weight is 1150 g/mol. The highest BCUT2D eigenvalue weighted by Crippen LogP contribution is 2.19. The Bertz CT molecular complexity index is 1320. The van der Waals surface area contributed by atoms with Gasteiger partial charge in [0, 0.05) is 19.3 Å². The number of carbonyl (C=O) groups is 3. The van der Waals surface area contributed by atoms with E-state index in [1.807, 2.05) is 0 Å². The Morgan fingerprint density at radius 1 is 0.232 bits per heavy atom. The molecule has 0 saturated carbocycles. The van der Waals surface area contributed by atoms with Gasteiger partial charge < -0.3 is 14.2 Å². The molecular formula is C76H144O6. The van der Waals surface area contributed by atoms with E-state index in [-0.39, 0.29) is 31.1 Å². The molecule has 0 aromatic heterocycles. The molecule has 0 fully saturated rings. The summed E-state index contributed by atoms with van der Waals surface area (Å²) >= 11 is 0. The van der Waals surface area contributed by atoms with Crippen LogP contribution in [0.2, 0.25) is 0 Å². The molecule has 0 aromatic rings. The Balaban J connectivity index is 4.23. The number of esters is 3. The lowest BCUT2D eigenvalue weighted by Crippen LogP contribution is -2.30. The smallest absolute Gasteiger partial charge is 0.306 e. The average Bonchev–Trinajstić information content (AvgIpc) is 3.47. The summed E-state index contributed by atoms with van der Waals surface area (Å²) < 4.78 is 17.0. The van der Waals surface area contributed by atoms with Gasteiger partial charge in [0.1, 0.15) is 13.2 Å². The molecule has 6 nitrogen and oxygen atoms in total. The first kappa shape index (κ1) is 79.9. The first-order valence-corrected chi connectivity index (χ1v) is 37.3. The molecule has 0 aliphatic heterocycles. The van der Waals surface area contributed by atoms with E-state index in [2.05, 4.69) is 45.1 Å². The maximum absolute atomic E-state index is 13.0. The van der Waals surface area contributed by atoms with Crippen LogP contribution in [0.15, 0.2) is 24.3 Å².